The summed E-state index contributed by atoms with van der Waals surface area (Å²) in [7, 11) is 1.65. The zero-order valence-corrected chi connectivity index (χ0v) is 19.0. The third-order valence-electron chi connectivity index (χ3n) is 5.41. The molecule has 4 aromatic rings. The Balaban J connectivity index is 1.50. The van der Waals surface area contributed by atoms with E-state index in [9.17, 15) is 4.79 Å². The van der Waals surface area contributed by atoms with Crippen molar-refractivity contribution in [2.45, 2.75) is 29.8 Å². The van der Waals surface area contributed by atoms with Crippen LogP contribution in [-0.2, 0) is 5.75 Å². The van der Waals surface area contributed by atoms with E-state index in [1.165, 1.54) is 11.8 Å². The van der Waals surface area contributed by atoms with Crippen molar-refractivity contribution >= 4 is 17.7 Å². The Morgan fingerprint density at radius 2 is 1.91 bits per heavy atom. The Morgan fingerprint density at radius 1 is 1.09 bits per heavy atom. The number of carbonyl (C=O) groups is 1. The molecule has 2 aromatic heterocycles. The van der Waals surface area contributed by atoms with Crippen LogP contribution in [0.2, 0.25) is 0 Å². The molecule has 2 aromatic carbocycles. The van der Waals surface area contributed by atoms with E-state index in [0.717, 1.165) is 29.7 Å². The number of para-hydroxylation sites is 2. The van der Waals surface area contributed by atoms with Gasteiger partial charge in [-0.2, -0.15) is 0 Å². The second kappa shape index (κ2) is 9.46. The van der Waals surface area contributed by atoms with E-state index >= 15 is 0 Å². The second-order valence-corrected chi connectivity index (χ2v) is 8.69. The number of pyridine rings is 1. The molecule has 0 spiro atoms. The summed E-state index contributed by atoms with van der Waals surface area (Å²) in [4.78, 5) is 16.9. The summed E-state index contributed by atoms with van der Waals surface area (Å²) in [5.74, 6) is 1.95. The number of thioether (sulfide) groups is 1. The number of nitrogens with one attached hydrogen (secondary N) is 1. The molecule has 33 heavy (non-hydrogen) atoms. The molecule has 8 heteroatoms. The Labute approximate surface area is 196 Å². The van der Waals surface area contributed by atoms with Gasteiger partial charge in [0, 0.05) is 35.3 Å². The van der Waals surface area contributed by atoms with Crippen LogP contribution in [0.5, 0.6) is 5.75 Å². The molecule has 0 atom stereocenters. The van der Waals surface area contributed by atoms with Crippen molar-refractivity contribution in [2.75, 3.05) is 7.11 Å². The molecular formula is C25H23N5O2S. The Kier molecular flexibility index (Phi) is 6.08. The van der Waals surface area contributed by atoms with Crippen LogP contribution in [0, 0.1) is 0 Å². The Bertz CT molecular complexity index is 1270. The highest BCUT2D eigenvalue weighted by molar-refractivity contribution is 7.98. The van der Waals surface area contributed by atoms with Crippen LogP contribution < -0.4 is 10.1 Å². The average Bonchev–Trinajstić information content (AvgIpc) is 3.58. The van der Waals surface area contributed by atoms with Crippen LogP contribution in [0.4, 0.5) is 0 Å². The van der Waals surface area contributed by atoms with Crippen LogP contribution in [0.3, 0.4) is 0 Å². The largest absolute Gasteiger partial charge is 0.495 e. The summed E-state index contributed by atoms with van der Waals surface area (Å²) in [6, 6.07) is 19.6. The van der Waals surface area contributed by atoms with Crippen molar-refractivity contribution in [3.63, 3.8) is 0 Å². The maximum atomic E-state index is 12.7. The third-order valence-corrected chi connectivity index (χ3v) is 6.39. The molecule has 1 N–H and O–H groups in total. The molecule has 0 bridgehead atoms. The zero-order chi connectivity index (χ0) is 22.6. The lowest BCUT2D eigenvalue weighted by atomic mass is 10.1. The predicted molar refractivity (Wildman–Crippen MR) is 128 cm³/mol. The number of methoxy groups -OCH3 is 1. The predicted octanol–water partition coefficient (Wildman–Crippen LogP) is 4.52. The lowest BCUT2D eigenvalue weighted by molar-refractivity contribution is 0.0950. The molecule has 1 aliphatic carbocycles. The lowest BCUT2D eigenvalue weighted by Gasteiger charge is -2.14. The lowest BCUT2D eigenvalue weighted by Crippen LogP contribution is -2.26. The van der Waals surface area contributed by atoms with E-state index in [-0.39, 0.29) is 5.91 Å². The molecule has 166 valence electrons. The fraction of sp³-hybridized carbons (Fsp3) is 0.200. The van der Waals surface area contributed by atoms with E-state index in [4.69, 9.17) is 4.74 Å². The monoisotopic (exact) mass is 457 g/mol. The van der Waals surface area contributed by atoms with Crippen molar-refractivity contribution in [3.05, 3.63) is 84.2 Å². The molecule has 5 rings (SSSR count). The topological polar surface area (TPSA) is 81.9 Å². The SMILES string of the molecule is COc1ccccc1-n1c(SCc2ccccc2C(=O)NC2CC2)nnc1-c1cccnc1. The summed E-state index contributed by atoms with van der Waals surface area (Å²) in [6.07, 6.45) is 5.61. The number of nitrogens with zero attached hydrogens (tertiary/aromatic N) is 4. The minimum Gasteiger partial charge on any atom is -0.495 e. The van der Waals surface area contributed by atoms with Gasteiger partial charge >= 0.3 is 0 Å². The minimum absolute atomic E-state index is 0.0176. The Morgan fingerprint density at radius 3 is 2.70 bits per heavy atom. The number of carbonyl (C=O) groups excluding carboxylic acids is 1. The molecule has 1 aliphatic rings. The van der Waals surface area contributed by atoms with Gasteiger partial charge in [-0.05, 0) is 48.7 Å². The molecule has 1 saturated carbocycles. The summed E-state index contributed by atoms with van der Waals surface area (Å²) in [6.45, 7) is 0. The summed E-state index contributed by atoms with van der Waals surface area (Å²) < 4.78 is 7.60. The Hall–Kier alpha value is -3.65. The number of amides is 1. The summed E-state index contributed by atoms with van der Waals surface area (Å²) >= 11 is 1.53. The van der Waals surface area contributed by atoms with E-state index in [0.29, 0.717) is 34.1 Å². The van der Waals surface area contributed by atoms with Gasteiger partial charge in [-0.3, -0.25) is 14.3 Å². The van der Waals surface area contributed by atoms with Crippen molar-refractivity contribution < 1.29 is 9.53 Å². The van der Waals surface area contributed by atoms with E-state index in [1.54, 1.807) is 19.5 Å². The van der Waals surface area contributed by atoms with Gasteiger partial charge in [0.1, 0.15) is 5.75 Å². The van der Waals surface area contributed by atoms with E-state index < -0.39 is 0 Å². The maximum Gasteiger partial charge on any atom is 0.251 e. The fourth-order valence-electron chi connectivity index (χ4n) is 3.58. The molecule has 1 amide bonds. The molecule has 1 fully saturated rings. The first-order chi connectivity index (χ1) is 16.2. The first-order valence-corrected chi connectivity index (χ1v) is 11.7. The standard InChI is InChI=1S/C25H23N5O2S/c1-32-22-11-5-4-10-21(22)30-23(17-8-6-14-26-15-17)28-29-25(30)33-16-18-7-2-3-9-20(18)24(31)27-19-12-13-19/h2-11,14-15,19H,12-13,16H2,1H3,(H,27,31). The van der Waals surface area contributed by atoms with Gasteiger partial charge in [0.05, 0.1) is 12.8 Å². The van der Waals surface area contributed by atoms with Crippen LogP contribution in [0.15, 0.2) is 78.2 Å². The van der Waals surface area contributed by atoms with Crippen LogP contribution in [0.25, 0.3) is 17.1 Å². The molecule has 0 unspecified atom stereocenters. The molecule has 0 radical (unpaired) electrons. The highest BCUT2D eigenvalue weighted by Crippen LogP contribution is 2.34. The quantitative estimate of drug-likeness (QED) is 0.392. The third kappa shape index (κ3) is 4.61. The van der Waals surface area contributed by atoms with Crippen LogP contribution in [0.1, 0.15) is 28.8 Å². The van der Waals surface area contributed by atoms with Gasteiger partial charge in [-0.15, -0.1) is 10.2 Å². The minimum atomic E-state index is -0.0176. The van der Waals surface area contributed by atoms with Gasteiger partial charge < -0.3 is 10.1 Å². The number of hydrogen-bond acceptors (Lipinski definition) is 6. The van der Waals surface area contributed by atoms with Gasteiger partial charge in [0.2, 0.25) is 0 Å². The number of benzene rings is 2. The van der Waals surface area contributed by atoms with Crippen molar-refractivity contribution in [3.8, 4) is 22.8 Å². The number of rotatable bonds is 8. The fourth-order valence-corrected chi connectivity index (χ4v) is 4.53. The number of hydrogen-bond donors (Lipinski definition) is 1. The molecular weight excluding hydrogens is 434 g/mol. The number of aromatic nitrogens is 4. The van der Waals surface area contributed by atoms with E-state index in [1.807, 2.05) is 65.2 Å². The van der Waals surface area contributed by atoms with Gasteiger partial charge in [-0.1, -0.05) is 42.1 Å². The van der Waals surface area contributed by atoms with Gasteiger partial charge in [0.15, 0.2) is 11.0 Å². The maximum absolute atomic E-state index is 12.7. The number of ether oxygens (including phenoxy) is 1. The summed E-state index contributed by atoms with van der Waals surface area (Å²) in [5.41, 5.74) is 3.35. The van der Waals surface area contributed by atoms with E-state index in [2.05, 4.69) is 20.5 Å². The van der Waals surface area contributed by atoms with Gasteiger partial charge in [0.25, 0.3) is 5.91 Å². The highest BCUT2D eigenvalue weighted by atomic mass is 32.2. The first-order valence-electron chi connectivity index (χ1n) is 10.8. The normalized spacial score (nSPS) is 13.0. The molecule has 2 heterocycles. The molecule has 0 aliphatic heterocycles. The second-order valence-electron chi connectivity index (χ2n) is 7.75. The van der Waals surface area contributed by atoms with Crippen molar-refractivity contribution in [2.24, 2.45) is 0 Å². The van der Waals surface area contributed by atoms with Crippen molar-refractivity contribution in [1.82, 2.24) is 25.1 Å². The highest BCUT2D eigenvalue weighted by Gasteiger charge is 2.25. The summed E-state index contributed by atoms with van der Waals surface area (Å²) in [5, 5.41) is 12.7. The average molecular weight is 458 g/mol. The van der Waals surface area contributed by atoms with Gasteiger partial charge in [-0.25, -0.2) is 0 Å². The van der Waals surface area contributed by atoms with Crippen LogP contribution >= 0.6 is 11.8 Å². The van der Waals surface area contributed by atoms with Crippen LogP contribution in [-0.4, -0.2) is 38.8 Å². The first kappa shape index (κ1) is 21.2. The smallest absolute Gasteiger partial charge is 0.251 e. The van der Waals surface area contributed by atoms with Crippen molar-refractivity contribution in [1.29, 1.82) is 0 Å². The molecule has 7 nitrogen and oxygen atoms in total. The molecule has 0 saturated heterocycles. The zero-order valence-electron chi connectivity index (χ0n) is 18.1.